The van der Waals surface area contributed by atoms with Crippen LogP contribution in [0.2, 0.25) is 0 Å². The number of benzene rings is 1. The summed E-state index contributed by atoms with van der Waals surface area (Å²) in [5, 5.41) is 14.1. The fourth-order valence-electron chi connectivity index (χ4n) is 3.84. The number of hydrogen-bond acceptors (Lipinski definition) is 5. The van der Waals surface area contributed by atoms with E-state index in [2.05, 4.69) is 17.1 Å². The number of methoxy groups -OCH3 is 1. The van der Waals surface area contributed by atoms with Crippen molar-refractivity contribution in [2.24, 2.45) is 0 Å². The van der Waals surface area contributed by atoms with Gasteiger partial charge in [-0.3, -0.25) is 9.69 Å². The fraction of sp³-hybridized carbons (Fsp3) is 0.708. The fourth-order valence-corrected chi connectivity index (χ4v) is 3.84. The Hall–Kier alpha value is -1.63. The lowest BCUT2D eigenvalue weighted by atomic mass is 10.0. The van der Waals surface area contributed by atoms with E-state index in [0.717, 1.165) is 37.2 Å². The molecule has 1 fully saturated rings. The summed E-state index contributed by atoms with van der Waals surface area (Å²) < 4.78 is 10.6. The largest absolute Gasteiger partial charge is 0.497 e. The van der Waals surface area contributed by atoms with Crippen LogP contribution < -0.4 is 10.1 Å². The molecule has 0 spiro atoms. The van der Waals surface area contributed by atoms with E-state index in [-0.39, 0.29) is 11.9 Å². The average Bonchev–Trinajstić information content (AvgIpc) is 2.78. The van der Waals surface area contributed by atoms with Crippen molar-refractivity contribution in [3.05, 3.63) is 29.8 Å². The number of nitrogens with one attached hydrogen (secondary N) is 1. The molecule has 6 nitrogen and oxygen atoms in total. The van der Waals surface area contributed by atoms with E-state index in [1.54, 1.807) is 7.11 Å². The van der Waals surface area contributed by atoms with Crippen LogP contribution in [0.4, 0.5) is 0 Å². The van der Waals surface area contributed by atoms with Gasteiger partial charge in [0, 0.05) is 26.1 Å². The van der Waals surface area contributed by atoms with Crippen LogP contribution in [0, 0.1) is 0 Å². The van der Waals surface area contributed by atoms with E-state index in [1.165, 1.54) is 32.1 Å². The first-order valence-electron chi connectivity index (χ1n) is 11.6. The number of carbonyl (C=O) groups is 1. The van der Waals surface area contributed by atoms with Crippen LogP contribution in [0.1, 0.15) is 70.0 Å². The highest BCUT2D eigenvalue weighted by atomic mass is 16.5. The topological polar surface area (TPSA) is 71.0 Å². The number of hydrogen-bond donors (Lipinski definition) is 2. The van der Waals surface area contributed by atoms with Gasteiger partial charge in [-0.2, -0.15) is 0 Å². The number of ether oxygens (including phenoxy) is 2. The zero-order valence-electron chi connectivity index (χ0n) is 18.8. The number of carbonyl (C=O) groups excluding carboxylic acids is 1. The second-order valence-electron chi connectivity index (χ2n) is 8.18. The molecule has 0 aliphatic carbocycles. The molecule has 2 N–H and O–H groups in total. The minimum Gasteiger partial charge on any atom is -0.497 e. The molecule has 1 aliphatic rings. The summed E-state index contributed by atoms with van der Waals surface area (Å²) >= 11 is 0. The lowest BCUT2D eigenvalue weighted by Gasteiger charge is -2.33. The molecule has 2 rings (SSSR count). The zero-order chi connectivity index (χ0) is 21.6. The molecule has 0 unspecified atom stereocenters. The van der Waals surface area contributed by atoms with Crippen LogP contribution in [0.15, 0.2) is 24.3 Å². The molecule has 1 aromatic carbocycles. The van der Waals surface area contributed by atoms with Crippen molar-refractivity contribution in [1.29, 1.82) is 0 Å². The van der Waals surface area contributed by atoms with Gasteiger partial charge in [0.15, 0.2) is 0 Å². The molecule has 0 aromatic heterocycles. The smallest absolute Gasteiger partial charge is 0.220 e. The standard InChI is InChI=1S/C24H40N2O4/c1-3-4-5-6-7-8-9-10-23(27)25-22(19-26-15-17-30-18-16-26)24(28)20-11-13-21(29-2)14-12-20/h11-14,22,24,28H,3-10,15-19H2,1-2H3,(H,25,27)/t22-,24-/m1/s1. The third-order valence-corrected chi connectivity index (χ3v) is 5.75. The Morgan fingerprint density at radius 3 is 2.37 bits per heavy atom. The van der Waals surface area contributed by atoms with E-state index < -0.39 is 6.10 Å². The van der Waals surface area contributed by atoms with Crippen LogP contribution in [-0.4, -0.2) is 61.9 Å². The number of aliphatic hydroxyl groups excluding tert-OH is 1. The molecule has 0 bridgehead atoms. The van der Waals surface area contributed by atoms with Crippen molar-refractivity contribution in [2.75, 3.05) is 40.0 Å². The molecular weight excluding hydrogens is 380 g/mol. The summed E-state index contributed by atoms with van der Waals surface area (Å²) in [6.45, 7) is 5.85. The van der Waals surface area contributed by atoms with Crippen molar-refractivity contribution in [1.82, 2.24) is 10.2 Å². The van der Waals surface area contributed by atoms with Crippen molar-refractivity contribution in [2.45, 2.75) is 70.4 Å². The van der Waals surface area contributed by atoms with Crippen molar-refractivity contribution < 1.29 is 19.4 Å². The van der Waals surface area contributed by atoms with Gasteiger partial charge in [0.05, 0.1) is 26.4 Å². The Morgan fingerprint density at radius 2 is 1.73 bits per heavy atom. The molecule has 1 amide bonds. The maximum atomic E-state index is 12.6. The van der Waals surface area contributed by atoms with Gasteiger partial charge in [-0.15, -0.1) is 0 Å². The highest BCUT2D eigenvalue weighted by Gasteiger charge is 2.26. The first-order valence-corrected chi connectivity index (χ1v) is 11.6. The average molecular weight is 421 g/mol. The maximum absolute atomic E-state index is 12.6. The molecule has 2 atom stereocenters. The highest BCUT2D eigenvalue weighted by Crippen LogP contribution is 2.21. The van der Waals surface area contributed by atoms with Gasteiger partial charge in [0.2, 0.25) is 5.91 Å². The van der Waals surface area contributed by atoms with E-state index in [9.17, 15) is 9.90 Å². The lowest BCUT2D eigenvalue weighted by Crippen LogP contribution is -2.49. The van der Waals surface area contributed by atoms with E-state index in [4.69, 9.17) is 9.47 Å². The minimum atomic E-state index is -0.767. The first kappa shape index (κ1) is 24.6. The second-order valence-corrected chi connectivity index (χ2v) is 8.18. The van der Waals surface area contributed by atoms with Gasteiger partial charge in [-0.25, -0.2) is 0 Å². The van der Waals surface area contributed by atoms with Crippen molar-refractivity contribution in [3.63, 3.8) is 0 Å². The normalized spacial score (nSPS) is 16.8. The van der Waals surface area contributed by atoms with Crippen LogP contribution in [0.25, 0.3) is 0 Å². The SMILES string of the molecule is CCCCCCCCCC(=O)N[C@H](CN1CCOCC1)[C@H](O)c1ccc(OC)cc1. The monoisotopic (exact) mass is 420 g/mol. The summed E-state index contributed by atoms with van der Waals surface area (Å²) in [4.78, 5) is 14.8. The highest BCUT2D eigenvalue weighted by molar-refractivity contribution is 5.76. The second kappa shape index (κ2) is 14.4. The Bertz CT molecular complexity index is 587. The van der Waals surface area contributed by atoms with Gasteiger partial charge in [-0.05, 0) is 24.1 Å². The van der Waals surface area contributed by atoms with E-state index in [0.29, 0.717) is 26.2 Å². The predicted octanol–water partition coefficient (Wildman–Crippen LogP) is 3.69. The van der Waals surface area contributed by atoms with E-state index in [1.807, 2.05) is 24.3 Å². The first-order chi connectivity index (χ1) is 14.6. The Kier molecular flexibility index (Phi) is 11.8. The summed E-state index contributed by atoms with van der Waals surface area (Å²) in [5.41, 5.74) is 0.783. The molecule has 1 saturated heterocycles. The van der Waals surface area contributed by atoms with Crippen LogP contribution in [0.5, 0.6) is 5.75 Å². The maximum Gasteiger partial charge on any atom is 0.220 e. The van der Waals surface area contributed by atoms with Gasteiger partial charge in [0.1, 0.15) is 11.9 Å². The number of morpholine rings is 1. The number of rotatable bonds is 14. The molecule has 170 valence electrons. The number of amides is 1. The van der Waals surface area contributed by atoms with Crippen LogP contribution >= 0.6 is 0 Å². The summed E-state index contributed by atoms with van der Waals surface area (Å²) in [6, 6.07) is 7.04. The summed E-state index contributed by atoms with van der Waals surface area (Å²) in [6.07, 6.45) is 8.03. The molecule has 0 saturated carbocycles. The minimum absolute atomic E-state index is 0.0226. The van der Waals surface area contributed by atoms with Gasteiger partial charge in [-0.1, -0.05) is 57.6 Å². The molecule has 1 aromatic rings. The zero-order valence-corrected chi connectivity index (χ0v) is 18.8. The number of aliphatic hydroxyl groups is 1. The number of nitrogens with zero attached hydrogens (tertiary/aromatic N) is 1. The summed E-state index contributed by atoms with van der Waals surface area (Å²) in [7, 11) is 1.62. The van der Waals surface area contributed by atoms with Crippen molar-refractivity contribution >= 4 is 5.91 Å². The third-order valence-electron chi connectivity index (χ3n) is 5.75. The van der Waals surface area contributed by atoms with Gasteiger partial charge >= 0.3 is 0 Å². The van der Waals surface area contributed by atoms with Crippen molar-refractivity contribution in [3.8, 4) is 5.75 Å². The lowest BCUT2D eigenvalue weighted by molar-refractivity contribution is -0.123. The molecule has 1 heterocycles. The Morgan fingerprint density at radius 1 is 1.10 bits per heavy atom. The quantitative estimate of drug-likeness (QED) is 0.449. The molecule has 6 heteroatoms. The van der Waals surface area contributed by atoms with Crippen LogP contribution in [0.3, 0.4) is 0 Å². The third kappa shape index (κ3) is 9.02. The molecule has 30 heavy (non-hydrogen) atoms. The Labute approximate surface area is 181 Å². The van der Waals surface area contributed by atoms with E-state index >= 15 is 0 Å². The molecular formula is C24H40N2O4. The molecule has 1 aliphatic heterocycles. The van der Waals surface area contributed by atoms with Gasteiger partial charge < -0.3 is 19.9 Å². The summed E-state index contributed by atoms with van der Waals surface area (Å²) in [5.74, 6) is 0.771. The van der Waals surface area contributed by atoms with Gasteiger partial charge in [0.25, 0.3) is 0 Å². The number of unbranched alkanes of at least 4 members (excludes halogenated alkanes) is 6. The molecule has 0 radical (unpaired) electrons. The van der Waals surface area contributed by atoms with Crippen LogP contribution in [-0.2, 0) is 9.53 Å². The predicted molar refractivity (Wildman–Crippen MR) is 120 cm³/mol. The Balaban J connectivity index is 1.87.